The Labute approximate surface area is 178 Å². The van der Waals surface area contributed by atoms with Crippen LogP contribution in [-0.2, 0) is 16.1 Å². The van der Waals surface area contributed by atoms with Gasteiger partial charge in [-0.25, -0.2) is 4.79 Å². The average molecular weight is 430 g/mol. The second kappa shape index (κ2) is 9.11. The fourth-order valence-electron chi connectivity index (χ4n) is 2.70. The first-order valence-electron chi connectivity index (χ1n) is 8.71. The summed E-state index contributed by atoms with van der Waals surface area (Å²) in [6.07, 6.45) is 1.73. The van der Waals surface area contributed by atoms with E-state index in [2.05, 4.69) is 0 Å². The van der Waals surface area contributed by atoms with E-state index in [1.807, 2.05) is 31.2 Å². The number of hydrogen-bond donors (Lipinski definition) is 1. The number of rotatable bonds is 7. The summed E-state index contributed by atoms with van der Waals surface area (Å²) in [5, 5.41) is 8.75. The van der Waals surface area contributed by atoms with Gasteiger partial charge < -0.3 is 14.6 Å². The van der Waals surface area contributed by atoms with E-state index < -0.39 is 12.6 Å². The van der Waals surface area contributed by atoms with Gasteiger partial charge in [-0.15, -0.1) is 0 Å². The molecule has 1 saturated heterocycles. The predicted octanol–water partition coefficient (Wildman–Crippen LogP) is 3.87. The molecule has 6 nitrogen and oxygen atoms in total. The minimum Gasteiger partial charge on any atom is -0.493 e. The number of methoxy groups -OCH3 is 1. The van der Waals surface area contributed by atoms with Crippen molar-refractivity contribution in [1.82, 2.24) is 4.90 Å². The van der Waals surface area contributed by atoms with Crippen molar-refractivity contribution >= 4 is 46.3 Å². The molecule has 0 saturated carbocycles. The topological polar surface area (TPSA) is 76.1 Å². The number of thioether (sulfide) groups is 1. The quantitative estimate of drug-likeness (QED) is 0.529. The molecule has 2 aromatic rings. The number of aryl methyl sites for hydroxylation is 1. The fourth-order valence-corrected chi connectivity index (χ4v) is 3.95. The van der Waals surface area contributed by atoms with Gasteiger partial charge in [-0.05, 0) is 36.3 Å². The van der Waals surface area contributed by atoms with Crippen molar-refractivity contribution in [3.8, 4) is 11.5 Å². The Bertz CT molecular complexity index is 985. The van der Waals surface area contributed by atoms with Gasteiger partial charge in [0.1, 0.15) is 4.32 Å². The SMILES string of the molecule is COc1cc(/C=C2\SC(=S)N(Cc3ccc(C)cc3)C2=O)ccc1OCC(=O)O. The molecule has 2 aromatic carbocycles. The molecule has 3 rings (SSSR count). The summed E-state index contributed by atoms with van der Waals surface area (Å²) in [6.45, 7) is 1.97. The van der Waals surface area contributed by atoms with Crippen molar-refractivity contribution in [2.75, 3.05) is 13.7 Å². The molecule has 0 unspecified atom stereocenters. The number of amides is 1. The highest BCUT2D eigenvalue weighted by Crippen LogP contribution is 2.35. The zero-order valence-corrected chi connectivity index (χ0v) is 17.5. The fraction of sp³-hybridized carbons (Fsp3) is 0.190. The summed E-state index contributed by atoms with van der Waals surface area (Å²) < 4.78 is 11.0. The van der Waals surface area contributed by atoms with Gasteiger partial charge in [-0.1, -0.05) is 59.9 Å². The van der Waals surface area contributed by atoms with Crippen LogP contribution in [0.15, 0.2) is 47.4 Å². The molecule has 1 amide bonds. The van der Waals surface area contributed by atoms with E-state index in [0.29, 0.717) is 27.3 Å². The number of carbonyl (C=O) groups is 2. The van der Waals surface area contributed by atoms with Crippen LogP contribution in [-0.4, -0.2) is 39.9 Å². The van der Waals surface area contributed by atoms with Gasteiger partial charge in [-0.3, -0.25) is 9.69 Å². The van der Waals surface area contributed by atoms with E-state index in [9.17, 15) is 9.59 Å². The molecule has 0 spiro atoms. The summed E-state index contributed by atoms with van der Waals surface area (Å²) >= 11 is 6.64. The van der Waals surface area contributed by atoms with Crippen molar-refractivity contribution in [2.24, 2.45) is 0 Å². The van der Waals surface area contributed by atoms with Gasteiger partial charge in [0.05, 0.1) is 18.6 Å². The molecule has 1 aliphatic rings. The molecule has 1 aliphatic heterocycles. The molecule has 0 radical (unpaired) electrons. The second-order valence-corrected chi connectivity index (χ2v) is 8.02. The third-order valence-electron chi connectivity index (χ3n) is 4.17. The van der Waals surface area contributed by atoms with Crippen molar-refractivity contribution < 1.29 is 24.2 Å². The molecule has 0 aromatic heterocycles. The van der Waals surface area contributed by atoms with Crippen molar-refractivity contribution in [1.29, 1.82) is 0 Å². The lowest BCUT2D eigenvalue weighted by molar-refractivity contribution is -0.139. The monoisotopic (exact) mass is 429 g/mol. The van der Waals surface area contributed by atoms with Crippen LogP contribution >= 0.6 is 24.0 Å². The molecule has 8 heteroatoms. The number of benzene rings is 2. The van der Waals surface area contributed by atoms with Crippen LogP contribution in [0.25, 0.3) is 6.08 Å². The Morgan fingerprint density at radius 1 is 1.21 bits per heavy atom. The van der Waals surface area contributed by atoms with Crippen molar-refractivity contribution in [3.05, 3.63) is 64.1 Å². The number of aliphatic carboxylic acids is 1. The van der Waals surface area contributed by atoms with Crippen molar-refractivity contribution in [2.45, 2.75) is 13.5 Å². The van der Waals surface area contributed by atoms with Gasteiger partial charge in [-0.2, -0.15) is 0 Å². The van der Waals surface area contributed by atoms with Crippen LogP contribution < -0.4 is 9.47 Å². The first-order chi connectivity index (χ1) is 13.9. The average Bonchev–Trinajstić information content (AvgIpc) is 2.95. The van der Waals surface area contributed by atoms with Gasteiger partial charge in [0.2, 0.25) is 0 Å². The molecule has 0 aliphatic carbocycles. The molecule has 1 fully saturated rings. The zero-order chi connectivity index (χ0) is 21.0. The lowest BCUT2D eigenvalue weighted by atomic mass is 10.1. The Morgan fingerprint density at radius 3 is 2.59 bits per heavy atom. The highest BCUT2D eigenvalue weighted by Gasteiger charge is 2.32. The molecule has 0 bridgehead atoms. The van der Waals surface area contributed by atoms with Crippen LogP contribution in [0.2, 0.25) is 0 Å². The third kappa shape index (κ3) is 5.16. The van der Waals surface area contributed by atoms with Crippen LogP contribution in [0.1, 0.15) is 16.7 Å². The number of carboxylic acid groups (broad SMARTS) is 1. The minimum absolute atomic E-state index is 0.147. The lowest BCUT2D eigenvalue weighted by Gasteiger charge is -2.14. The first kappa shape index (κ1) is 20.9. The van der Waals surface area contributed by atoms with Crippen molar-refractivity contribution in [3.63, 3.8) is 0 Å². The smallest absolute Gasteiger partial charge is 0.341 e. The van der Waals surface area contributed by atoms with Crippen LogP contribution in [0.4, 0.5) is 0 Å². The van der Waals surface area contributed by atoms with Gasteiger partial charge >= 0.3 is 5.97 Å². The first-order valence-corrected chi connectivity index (χ1v) is 9.93. The molecule has 150 valence electrons. The van der Waals surface area contributed by atoms with Crippen LogP contribution in [0.3, 0.4) is 0 Å². The van der Waals surface area contributed by atoms with E-state index in [4.69, 9.17) is 26.8 Å². The Morgan fingerprint density at radius 2 is 1.93 bits per heavy atom. The Kier molecular flexibility index (Phi) is 6.56. The Balaban J connectivity index is 1.78. The number of carbonyl (C=O) groups excluding carboxylic acids is 1. The Hall–Kier alpha value is -2.84. The molecule has 29 heavy (non-hydrogen) atoms. The van der Waals surface area contributed by atoms with Crippen LogP contribution in [0, 0.1) is 6.92 Å². The van der Waals surface area contributed by atoms with Gasteiger partial charge in [0.25, 0.3) is 5.91 Å². The van der Waals surface area contributed by atoms with E-state index in [-0.39, 0.29) is 5.91 Å². The largest absolute Gasteiger partial charge is 0.493 e. The third-order valence-corrected chi connectivity index (χ3v) is 5.55. The van der Waals surface area contributed by atoms with Gasteiger partial charge in [0.15, 0.2) is 18.1 Å². The number of thiocarbonyl (C=S) groups is 1. The summed E-state index contributed by atoms with van der Waals surface area (Å²) in [5.74, 6) is -0.520. The van der Waals surface area contributed by atoms with E-state index in [1.54, 1.807) is 29.2 Å². The molecule has 1 heterocycles. The second-order valence-electron chi connectivity index (χ2n) is 6.35. The van der Waals surface area contributed by atoms with E-state index >= 15 is 0 Å². The maximum Gasteiger partial charge on any atom is 0.341 e. The summed E-state index contributed by atoms with van der Waals surface area (Å²) in [6, 6.07) is 13.0. The number of hydrogen-bond acceptors (Lipinski definition) is 6. The van der Waals surface area contributed by atoms with E-state index in [1.165, 1.54) is 18.9 Å². The number of ether oxygens (including phenoxy) is 2. The molecule has 0 atom stereocenters. The zero-order valence-electron chi connectivity index (χ0n) is 15.9. The van der Waals surface area contributed by atoms with Crippen LogP contribution in [0.5, 0.6) is 11.5 Å². The molecule has 1 N–H and O–H groups in total. The maximum atomic E-state index is 12.8. The van der Waals surface area contributed by atoms with Gasteiger partial charge in [0, 0.05) is 0 Å². The normalized spacial score (nSPS) is 15.1. The highest BCUT2D eigenvalue weighted by atomic mass is 32.2. The van der Waals surface area contributed by atoms with E-state index in [0.717, 1.165) is 16.7 Å². The summed E-state index contributed by atoms with van der Waals surface area (Å²) in [4.78, 5) is 25.6. The summed E-state index contributed by atoms with van der Waals surface area (Å²) in [5.41, 5.74) is 2.89. The highest BCUT2D eigenvalue weighted by molar-refractivity contribution is 8.26. The number of nitrogens with zero attached hydrogens (tertiary/aromatic N) is 1. The molecular formula is C21H19NO5S2. The minimum atomic E-state index is -1.08. The number of carboxylic acids is 1. The lowest BCUT2D eigenvalue weighted by Crippen LogP contribution is -2.27. The standard InChI is InChI=1S/C21H19NO5S2/c1-13-3-5-14(6-4-13)11-22-20(25)18(29-21(22)28)10-15-7-8-16(17(9-15)26-2)27-12-19(23)24/h3-10H,11-12H2,1-2H3,(H,23,24)/b18-10-. The molecular weight excluding hydrogens is 410 g/mol. The predicted molar refractivity (Wildman–Crippen MR) is 116 cm³/mol. The summed E-state index contributed by atoms with van der Waals surface area (Å²) in [7, 11) is 1.47. The maximum absolute atomic E-state index is 12.8.